The van der Waals surface area contributed by atoms with Gasteiger partial charge >= 0.3 is 6.18 Å². The minimum absolute atomic E-state index is 0.391. The first-order valence-corrected chi connectivity index (χ1v) is 12.0. The molecule has 2 saturated carbocycles. The summed E-state index contributed by atoms with van der Waals surface area (Å²) in [5.41, 5.74) is 0.492. The van der Waals surface area contributed by atoms with Crippen LogP contribution in [0.3, 0.4) is 0 Å². The number of rotatable bonds is 7. The van der Waals surface area contributed by atoms with Crippen molar-refractivity contribution >= 4 is 0 Å². The summed E-state index contributed by atoms with van der Waals surface area (Å²) in [5.74, 6) is 2.53. The fourth-order valence-electron chi connectivity index (χ4n) is 5.18. The van der Waals surface area contributed by atoms with Crippen molar-refractivity contribution in [2.24, 2.45) is 17.8 Å². The Kier molecular flexibility index (Phi) is 9.21. The summed E-state index contributed by atoms with van der Waals surface area (Å²) in [6.07, 6.45) is 19.9. The molecule has 2 fully saturated rings. The van der Waals surface area contributed by atoms with Crippen LogP contribution in [0.4, 0.5) is 13.2 Å². The van der Waals surface area contributed by atoms with E-state index in [1.165, 1.54) is 50.3 Å². The maximum atomic E-state index is 12.8. The van der Waals surface area contributed by atoms with Crippen LogP contribution in [-0.4, -0.2) is 0 Å². The number of benzene rings is 1. The van der Waals surface area contributed by atoms with Crippen LogP contribution >= 0.6 is 0 Å². The van der Waals surface area contributed by atoms with Gasteiger partial charge in [0.25, 0.3) is 0 Å². The first-order chi connectivity index (χ1) is 15.5. The molecule has 0 N–H and O–H groups in total. The van der Waals surface area contributed by atoms with Crippen molar-refractivity contribution in [2.45, 2.75) is 76.3 Å². The summed E-state index contributed by atoms with van der Waals surface area (Å²) in [7, 11) is 0. The average molecular weight is 442 g/mol. The molecular weight excluding hydrogens is 407 g/mol. The molecule has 0 unspecified atom stereocenters. The fourth-order valence-corrected chi connectivity index (χ4v) is 5.18. The third-order valence-electron chi connectivity index (χ3n) is 7.19. The SMILES string of the molecule is N#CC=CC=CCC[C@H]1CC[C@H](C=C[C@H]2CC[C@H](c3ccc(C(F)(F)F)cc3)CC2)CC1. The zero-order valence-corrected chi connectivity index (χ0v) is 18.7. The molecule has 0 spiro atoms. The molecule has 0 atom stereocenters. The standard InChI is InChI=1S/C28H34F3N/c29-28(30,31)27-19-17-26(18-20-27)25-15-13-24(14-16-25)12-11-23-9-7-22(8-10-23)6-4-2-1-3-5-21-32/h1-3,5,11-12,17-20,22-25H,4,6-10,13-16H2/t22-,23-,24-,25-. The summed E-state index contributed by atoms with van der Waals surface area (Å²) in [5, 5.41) is 8.46. The van der Waals surface area contributed by atoms with Gasteiger partial charge < -0.3 is 0 Å². The molecule has 0 aliphatic heterocycles. The summed E-state index contributed by atoms with van der Waals surface area (Å²) < 4.78 is 38.3. The number of halogens is 3. The topological polar surface area (TPSA) is 23.8 Å². The summed E-state index contributed by atoms with van der Waals surface area (Å²) in [4.78, 5) is 0. The Bertz CT molecular complexity index is 810. The van der Waals surface area contributed by atoms with Crippen molar-refractivity contribution in [3.8, 4) is 6.07 Å². The van der Waals surface area contributed by atoms with Gasteiger partial charge in [-0.1, -0.05) is 42.5 Å². The molecule has 1 aromatic rings. The Balaban J connectivity index is 1.35. The molecule has 0 amide bonds. The van der Waals surface area contributed by atoms with Gasteiger partial charge in [0.1, 0.15) is 0 Å². The average Bonchev–Trinajstić information content (AvgIpc) is 2.81. The Labute approximate surface area is 190 Å². The molecule has 1 aromatic carbocycles. The van der Waals surface area contributed by atoms with E-state index in [-0.39, 0.29) is 0 Å². The quantitative estimate of drug-likeness (QED) is 0.236. The number of nitrogens with zero attached hydrogens (tertiary/aromatic N) is 1. The second-order valence-electron chi connectivity index (χ2n) is 9.39. The highest BCUT2D eigenvalue weighted by atomic mass is 19.4. The van der Waals surface area contributed by atoms with Crippen LogP contribution in [0.25, 0.3) is 0 Å². The molecule has 0 heterocycles. The molecule has 172 valence electrons. The lowest BCUT2D eigenvalue weighted by Crippen LogP contribution is -2.14. The van der Waals surface area contributed by atoms with E-state index in [4.69, 9.17) is 5.26 Å². The van der Waals surface area contributed by atoms with Crippen molar-refractivity contribution in [2.75, 3.05) is 0 Å². The lowest BCUT2D eigenvalue weighted by atomic mass is 9.77. The van der Waals surface area contributed by atoms with Crippen LogP contribution in [0.15, 0.2) is 60.7 Å². The van der Waals surface area contributed by atoms with E-state index in [1.807, 2.05) is 12.1 Å². The minimum atomic E-state index is -4.26. The van der Waals surface area contributed by atoms with Crippen LogP contribution in [0.5, 0.6) is 0 Å². The van der Waals surface area contributed by atoms with Gasteiger partial charge in [-0.15, -0.1) is 0 Å². The van der Waals surface area contributed by atoms with E-state index in [0.717, 1.165) is 43.6 Å². The van der Waals surface area contributed by atoms with Gasteiger partial charge in [0.05, 0.1) is 11.6 Å². The smallest absolute Gasteiger partial charge is 0.193 e. The van der Waals surface area contributed by atoms with Gasteiger partial charge in [-0.3, -0.25) is 0 Å². The predicted molar refractivity (Wildman–Crippen MR) is 124 cm³/mol. The molecule has 2 aliphatic carbocycles. The van der Waals surface area contributed by atoms with Gasteiger partial charge in [0.15, 0.2) is 0 Å². The first kappa shape index (κ1) is 24.4. The van der Waals surface area contributed by atoms with Gasteiger partial charge in [-0.05, 0) is 106 Å². The maximum absolute atomic E-state index is 12.8. The van der Waals surface area contributed by atoms with Crippen LogP contribution in [0.2, 0.25) is 0 Å². The number of allylic oxidation sites excluding steroid dienone is 6. The van der Waals surface area contributed by atoms with Gasteiger partial charge in [-0.2, -0.15) is 18.4 Å². The van der Waals surface area contributed by atoms with Crippen molar-refractivity contribution < 1.29 is 13.2 Å². The fraction of sp³-hybridized carbons (Fsp3) is 0.536. The van der Waals surface area contributed by atoms with Gasteiger partial charge in [0.2, 0.25) is 0 Å². The summed E-state index contributed by atoms with van der Waals surface area (Å²) in [6, 6.07) is 7.77. The monoisotopic (exact) mass is 441 g/mol. The summed E-state index contributed by atoms with van der Waals surface area (Å²) in [6.45, 7) is 0. The lowest BCUT2D eigenvalue weighted by molar-refractivity contribution is -0.137. The van der Waals surface area contributed by atoms with Crippen molar-refractivity contribution in [3.05, 3.63) is 71.8 Å². The lowest BCUT2D eigenvalue weighted by Gasteiger charge is -2.29. The minimum Gasteiger partial charge on any atom is -0.193 e. The van der Waals surface area contributed by atoms with Crippen molar-refractivity contribution in [3.63, 3.8) is 0 Å². The van der Waals surface area contributed by atoms with E-state index in [9.17, 15) is 13.2 Å². The molecule has 3 rings (SSSR count). The highest BCUT2D eigenvalue weighted by Crippen LogP contribution is 2.38. The maximum Gasteiger partial charge on any atom is 0.416 e. The Morgan fingerprint density at radius 3 is 2.00 bits per heavy atom. The Morgan fingerprint density at radius 2 is 1.44 bits per heavy atom. The molecule has 0 aromatic heterocycles. The molecule has 2 aliphatic rings. The second kappa shape index (κ2) is 12.1. The van der Waals surface area contributed by atoms with E-state index < -0.39 is 11.7 Å². The number of alkyl halides is 3. The molecule has 0 saturated heterocycles. The summed E-state index contributed by atoms with van der Waals surface area (Å²) >= 11 is 0. The molecule has 0 bridgehead atoms. The highest BCUT2D eigenvalue weighted by molar-refractivity contribution is 5.27. The van der Waals surface area contributed by atoms with Crippen LogP contribution in [0, 0.1) is 29.1 Å². The molecule has 1 nitrogen and oxygen atoms in total. The molecular formula is C28H34F3N. The zero-order chi connectivity index (χ0) is 22.8. The van der Waals surface area contributed by atoms with E-state index in [0.29, 0.717) is 17.8 Å². The van der Waals surface area contributed by atoms with Crippen LogP contribution < -0.4 is 0 Å². The van der Waals surface area contributed by atoms with Gasteiger partial charge in [-0.25, -0.2) is 0 Å². The van der Waals surface area contributed by atoms with E-state index >= 15 is 0 Å². The third-order valence-corrected chi connectivity index (χ3v) is 7.19. The highest BCUT2D eigenvalue weighted by Gasteiger charge is 2.30. The van der Waals surface area contributed by atoms with E-state index in [2.05, 4.69) is 18.2 Å². The second-order valence-corrected chi connectivity index (χ2v) is 9.39. The normalized spacial score (nSPS) is 27.3. The largest absolute Gasteiger partial charge is 0.416 e. The number of hydrogen-bond donors (Lipinski definition) is 0. The molecule has 0 radical (unpaired) electrons. The van der Waals surface area contributed by atoms with Crippen molar-refractivity contribution in [1.29, 1.82) is 5.26 Å². The third kappa shape index (κ3) is 7.69. The molecule has 32 heavy (non-hydrogen) atoms. The van der Waals surface area contributed by atoms with Crippen LogP contribution in [-0.2, 0) is 6.18 Å². The van der Waals surface area contributed by atoms with Crippen molar-refractivity contribution in [1.82, 2.24) is 0 Å². The predicted octanol–water partition coefficient (Wildman–Crippen LogP) is 8.76. The first-order valence-electron chi connectivity index (χ1n) is 12.0. The number of nitriles is 1. The zero-order valence-electron chi connectivity index (χ0n) is 18.7. The Morgan fingerprint density at radius 1 is 0.844 bits per heavy atom. The Hall–Kier alpha value is -2.28. The van der Waals surface area contributed by atoms with Crippen LogP contribution in [0.1, 0.15) is 81.3 Å². The molecule has 4 heteroatoms. The van der Waals surface area contributed by atoms with Gasteiger partial charge in [0, 0.05) is 6.08 Å². The van der Waals surface area contributed by atoms with E-state index in [1.54, 1.807) is 18.2 Å². The number of hydrogen-bond acceptors (Lipinski definition) is 1.